The van der Waals surface area contributed by atoms with Gasteiger partial charge in [0.2, 0.25) is 5.91 Å². The molecule has 0 aliphatic carbocycles. The third-order valence-electron chi connectivity index (χ3n) is 5.12. The molecule has 174 valence electrons. The number of carbonyl (C=O) groups excluding carboxylic acids is 2. The van der Waals surface area contributed by atoms with Crippen LogP contribution in [0.5, 0.6) is 5.75 Å². The minimum absolute atomic E-state index is 0.0318. The first-order valence-electron chi connectivity index (χ1n) is 10.9. The molecule has 6 nitrogen and oxygen atoms in total. The van der Waals surface area contributed by atoms with E-state index in [4.69, 9.17) is 17.0 Å². The minimum atomic E-state index is -0.448. The first-order chi connectivity index (χ1) is 17.1. The molecule has 35 heavy (non-hydrogen) atoms. The minimum Gasteiger partial charge on any atom is -0.483 e. The predicted molar refractivity (Wildman–Crippen MR) is 142 cm³/mol. The van der Waals surface area contributed by atoms with Gasteiger partial charge in [0.25, 0.3) is 5.91 Å². The zero-order valence-electron chi connectivity index (χ0n) is 18.7. The number of thiocarbonyl (C=S) groups is 1. The van der Waals surface area contributed by atoms with E-state index in [1.165, 1.54) is 6.08 Å². The van der Waals surface area contributed by atoms with Crippen LogP contribution in [0.1, 0.15) is 5.56 Å². The Morgan fingerprint density at radius 1 is 0.800 bits per heavy atom. The van der Waals surface area contributed by atoms with Crippen LogP contribution < -0.4 is 20.9 Å². The number of hydrazine groups is 1. The van der Waals surface area contributed by atoms with Gasteiger partial charge in [0.15, 0.2) is 11.7 Å². The van der Waals surface area contributed by atoms with Crippen molar-refractivity contribution in [2.24, 2.45) is 0 Å². The maximum Gasteiger partial charge on any atom is 0.276 e. The van der Waals surface area contributed by atoms with Gasteiger partial charge in [0, 0.05) is 11.6 Å². The second kappa shape index (κ2) is 11.6. The fourth-order valence-electron chi connectivity index (χ4n) is 3.50. The summed E-state index contributed by atoms with van der Waals surface area (Å²) in [5.74, 6) is -0.281. The third-order valence-corrected chi connectivity index (χ3v) is 5.32. The summed E-state index contributed by atoms with van der Waals surface area (Å²) in [6.45, 7) is -0.228. The third kappa shape index (κ3) is 6.52. The summed E-state index contributed by atoms with van der Waals surface area (Å²) in [5.41, 5.74) is 7.72. The number of para-hydroxylation sites is 1. The number of carbonyl (C=O) groups is 2. The Morgan fingerprint density at radius 2 is 1.51 bits per heavy atom. The van der Waals surface area contributed by atoms with Crippen LogP contribution in [0.3, 0.4) is 0 Å². The van der Waals surface area contributed by atoms with Gasteiger partial charge in [-0.2, -0.15) is 0 Å². The molecule has 0 radical (unpaired) electrons. The van der Waals surface area contributed by atoms with Crippen molar-refractivity contribution >= 4 is 46.0 Å². The fourth-order valence-corrected chi connectivity index (χ4v) is 3.65. The molecule has 4 rings (SSSR count). The molecule has 0 bridgehead atoms. The molecule has 0 heterocycles. The average molecular weight is 482 g/mol. The second-order valence-corrected chi connectivity index (χ2v) is 7.95. The highest BCUT2D eigenvalue weighted by molar-refractivity contribution is 7.80. The molecule has 4 aromatic rings. The first kappa shape index (κ1) is 23.7. The summed E-state index contributed by atoms with van der Waals surface area (Å²) in [6, 6.07) is 31.0. The van der Waals surface area contributed by atoms with Crippen LogP contribution in [-0.4, -0.2) is 23.5 Å². The maximum absolute atomic E-state index is 12.2. The molecule has 2 amide bonds. The monoisotopic (exact) mass is 481 g/mol. The number of amides is 2. The van der Waals surface area contributed by atoms with Crippen molar-refractivity contribution in [1.82, 2.24) is 16.2 Å². The van der Waals surface area contributed by atoms with Crippen LogP contribution in [0.25, 0.3) is 28.0 Å². The predicted octanol–water partition coefficient (Wildman–Crippen LogP) is 4.62. The van der Waals surface area contributed by atoms with Crippen molar-refractivity contribution in [3.8, 4) is 16.9 Å². The van der Waals surface area contributed by atoms with Gasteiger partial charge >= 0.3 is 0 Å². The van der Waals surface area contributed by atoms with Crippen LogP contribution in [0.4, 0.5) is 0 Å². The van der Waals surface area contributed by atoms with Crippen molar-refractivity contribution < 1.29 is 14.3 Å². The number of fused-ring (bicyclic) bond motifs is 1. The van der Waals surface area contributed by atoms with E-state index in [-0.39, 0.29) is 11.7 Å². The number of nitrogens with one attached hydrogen (secondary N) is 3. The first-order valence-corrected chi connectivity index (χ1v) is 11.3. The fraction of sp³-hybridized carbons (Fsp3) is 0.0357. The van der Waals surface area contributed by atoms with E-state index in [0.717, 1.165) is 27.5 Å². The van der Waals surface area contributed by atoms with Crippen molar-refractivity contribution in [3.05, 3.63) is 109 Å². The molecule has 0 aromatic heterocycles. The standard InChI is InChI=1S/C28H23N3O3S/c32-26(18-17-22-13-8-12-20-11-4-5-14-23(20)22)29-28(35)31-30-27(33)19-34-25-16-7-6-15-24(25)21-9-2-1-3-10-21/h1-18H,19H2,(H,30,33)(H2,29,31,32,35)/b18-17+. The van der Waals surface area contributed by atoms with Crippen LogP contribution >= 0.6 is 12.2 Å². The zero-order valence-corrected chi connectivity index (χ0v) is 19.5. The van der Waals surface area contributed by atoms with Gasteiger partial charge in [-0.25, -0.2) is 0 Å². The SMILES string of the molecule is O=C(/C=C/c1cccc2ccccc12)NC(=S)NNC(=O)COc1ccccc1-c1ccccc1. The summed E-state index contributed by atoms with van der Waals surface area (Å²) >= 11 is 5.09. The number of hydrogen-bond donors (Lipinski definition) is 3. The lowest BCUT2D eigenvalue weighted by Gasteiger charge is -2.13. The lowest BCUT2D eigenvalue weighted by atomic mass is 10.0. The topological polar surface area (TPSA) is 79.5 Å². The van der Waals surface area contributed by atoms with Gasteiger partial charge in [-0.15, -0.1) is 0 Å². The number of ether oxygens (including phenoxy) is 1. The highest BCUT2D eigenvalue weighted by atomic mass is 32.1. The normalized spacial score (nSPS) is 10.6. The number of hydrogen-bond acceptors (Lipinski definition) is 4. The van der Waals surface area contributed by atoms with Crippen molar-refractivity contribution in [1.29, 1.82) is 0 Å². The molecule has 0 atom stereocenters. The largest absolute Gasteiger partial charge is 0.483 e. The van der Waals surface area contributed by atoms with E-state index in [9.17, 15) is 9.59 Å². The maximum atomic E-state index is 12.2. The van der Waals surface area contributed by atoms with Crippen LogP contribution in [0.2, 0.25) is 0 Å². The lowest BCUT2D eigenvalue weighted by molar-refractivity contribution is -0.123. The molecule has 4 aromatic carbocycles. The van der Waals surface area contributed by atoms with E-state index in [2.05, 4.69) is 16.2 Å². The molecular weight excluding hydrogens is 458 g/mol. The average Bonchev–Trinajstić information content (AvgIpc) is 2.90. The summed E-state index contributed by atoms with van der Waals surface area (Å²) in [6.07, 6.45) is 3.11. The highest BCUT2D eigenvalue weighted by Crippen LogP contribution is 2.29. The second-order valence-electron chi connectivity index (χ2n) is 7.54. The van der Waals surface area contributed by atoms with Crippen molar-refractivity contribution in [3.63, 3.8) is 0 Å². The molecule has 7 heteroatoms. The van der Waals surface area contributed by atoms with Crippen molar-refractivity contribution in [2.45, 2.75) is 0 Å². The summed E-state index contributed by atoms with van der Waals surface area (Å²) in [7, 11) is 0. The van der Waals surface area contributed by atoms with Gasteiger partial charge in [-0.1, -0.05) is 91.0 Å². The summed E-state index contributed by atoms with van der Waals surface area (Å²) in [4.78, 5) is 24.4. The Kier molecular flexibility index (Phi) is 7.83. The zero-order chi connectivity index (χ0) is 24.5. The summed E-state index contributed by atoms with van der Waals surface area (Å²) < 4.78 is 5.70. The molecular formula is C28H23N3O3S. The van der Waals surface area contributed by atoms with Crippen LogP contribution in [0.15, 0.2) is 103 Å². The molecule has 0 fully saturated rings. The van der Waals surface area contributed by atoms with Gasteiger partial charge in [-0.3, -0.25) is 25.8 Å². The molecule has 0 saturated heterocycles. The van der Waals surface area contributed by atoms with E-state index in [1.54, 1.807) is 12.1 Å². The Hall–Kier alpha value is -4.49. The van der Waals surface area contributed by atoms with Crippen LogP contribution in [-0.2, 0) is 9.59 Å². The number of rotatable bonds is 6. The molecule has 0 aliphatic heterocycles. The van der Waals surface area contributed by atoms with E-state index in [1.807, 2.05) is 91.0 Å². The Labute approximate surface area is 208 Å². The molecule has 0 saturated carbocycles. The van der Waals surface area contributed by atoms with Gasteiger partial charge in [-0.05, 0) is 46.3 Å². The Morgan fingerprint density at radius 3 is 2.37 bits per heavy atom. The van der Waals surface area contributed by atoms with E-state index in [0.29, 0.717) is 5.75 Å². The van der Waals surface area contributed by atoms with Gasteiger partial charge in [0.1, 0.15) is 5.75 Å². The van der Waals surface area contributed by atoms with E-state index >= 15 is 0 Å². The Bertz CT molecular complexity index is 1380. The van der Waals surface area contributed by atoms with Crippen LogP contribution in [0, 0.1) is 0 Å². The van der Waals surface area contributed by atoms with E-state index < -0.39 is 11.8 Å². The Balaban J connectivity index is 1.25. The van der Waals surface area contributed by atoms with Crippen molar-refractivity contribution in [2.75, 3.05) is 6.61 Å². The smallest absolute Gasteiger partial charge is 0.276 e. The number of benzene rings is 4. The molecule has 3 N–H and O–H groups in total. The molecule has 0 aliphatic rings. The van der Waals surface area contributed by atoms with Gasteiger partial charge in [0.05, 0.1) is 0 Å². The highest BCUT2D eigenvalue weighted by Gasteiger charge is 2.09. The van der Waals surface area contributed by atoms with Gasteiger partial charge < -0.3 is 4.74 Å². The molecule has 0 unspecified atom stereocenters. The summed E-state index contributed by atoms with van der Waals surface area (Å²) in [5, 5.41) is 4.59. The lowest BCUT2D eigenvalue weighted by Crippen LogP contribution is -2.49. The quantitative estimate of drug-likeness (QED) is 0.213. The molecule has 0 spiro atoms.